The predicted octanol–water partition coefficient (Wildman–Crippen LogP) is 2.25. The van der Waals surface area contributed by atoms with Gasteiger partial charge in [-0.15, -0.1) is 0 Å². The molecule has 3 heteroatoms. The van der Waals surface area contributed by atoms with E-state index in [-0.39, 0.29) is 11.4 Å². The Morgan fingerprint density at radius 3 is 2.42 bits per heavy atom. The number of benzene rings is 1. The van der Waals surface area contributed by atoms with E-state index in [2.05, 4.69) is 0 Å². The fourth-order valence-electron chi connectivity index (χ4n) is 0.797. The largest absolute Gasteiger partial charge is 0.514 e. The van der Waals surface area contributed by atoms with Gasteiger partial charge in [0, 0.05) is 0 Å². The normalized spacial score (nSPS) is 10.8. The van der Waals surface area contributed by atoms with E-state index in [0.29, 0.717) is 11.8 Å². The molecule has 1 rings (SSSR count). The van der Waals surface area contributed by atoms with Gasteiger partial charge in [0.2, 0.25) is 0 Å². The van der Waals surface area contributed by atoms with Crippen molar-refractivity contribution in [3.05, 3.63) is 41.9 Å². The molecule has 60 valence electrons. The van der Waals surface area contributed by atoms with Crippen LogP contribution in [0.2, 0.25) is 0 Å². The molecule has 0 saturated carbocycles. The molecule has 0 bridgehead atoms. The molecule has 2 nitrogen and oxygen atoms in total. The van der Waals surface area contributed by atoms with Crippen LogP contribution in [-0.2, 0) is 0 Å². The summed E-state index contributed by atoms with van der Waals surface area (Å²) in [5.74, 6) is -0.367. The van der Waals surface area contributed by atoms with Gasteiger partial charge in [0.05, 0.1) is 11.8 Å². The zero-order valence-corrected chi connectivity index (χ0v) is 6.16. The van der Waals surface area contributed by atoms with Crippen LogP contribution in [0.5, 0.6) is 0 Å². The Labute approximate surface area is 69.2 Å². The molecule has 0 heterocycles. The van der Waals surface area contributed by atoms with Crippen molar-refractivity contribution in [3.8, 4) is 6.07 Å². The number of hydrogen-bond acceptors (Lipinski definition) is 2. The number of aliphatic hydroxyl groups excluding tert-OH is 1. The molecule has 0 aliphatic heterocycles. The average Bonchev–Trinajstić information content (AvgIpc) is 2.10. The molecule has 0 amide bonds. The smallest absolute Gasteiger partial charge is 0.123 e. The van der Waals surface area contributed by atoms with Crippen LogP contribution >= 0.6 is 0 Å². The number of aliphatic hydroxyl groups is 1. The lowest BCUT2D eigenvalue weighted by atomic mass is 10.1. The summed E-state index contributed by atoms with van der Waals surface area (Å²) in [5, 5.41) is 17.0. The molecular formula is C9H6FNO. The summed E-state index contributed by atoms with van der Waals surface area (Å²) in [7, 11) is 0. The second kappa shape index (κ2) is 3.54. The summed E-state index contributed by atoms with van der Waals surface area (Å²) in [6.07, 6.45) is 0.702. The van der Waals surface area contributed by atoms with Crippen molar-refractivity contribution in [1.82, 2.24) is 0 Å². The van der Waals surface area contributed by atoms with Gasteiger partial charge in [0.1, 0.15) is 11.9 Å². The SMILES string of the molecule is N#C/C(=C/O)c1ccc(F)cc1. The number of nitriles is 1. The van der Waals surface area contributed by atoms with Crippen molar-refractivity contribution < 1.29 is 9.50 Å². The maximum absolute atomic E-state index is 12.4. The van der Waals surface area contributed by atoms with Crippen LogP contribution in [0.3, 0.4) is 0 Å². The standard InChI is InChI=1S/C9H6FNO/c10-9-3-1-7(2-4-9)8(5-11)6-12/h1-4,6,12H/b8-6-. The highest BCUT2D eigenvalue weighted by molar-refractivity contribution is 5.75. The lowest BCUT2D eigenvalue weighted by Crippen LogP contribution is -1.81. The maximum atomic E-state index is 12.4. The van der Waals surface area contributed by atoms with Crippen molar-refractivity contribution in [1.29, 1.82) is 5.26 Å². The molecular weight excluding hydrogens is 157 g/mol. The average molecular weight is 163 g/mol. The Kier molecular flexibility index (Phi) is 2.44. The van der Waals surface area contributed by atoms with Crippen molar-refractivity contribution >= 4 is 5.57 Å². The van der Waals surface area contributed by atoms with E-state index in [1.807, 2.05) is 0 Å². The van der Waals surface area contributed by atoms with E-state index >= 15 is 0 Å². The van der Waals surface area contributed by atoms with E-state index in [4.69, 9.17) is 10.4 Å². The lowest BCUT2D eigenvalue weighted by molar-refractivity contribution is 0.476. The first-order chi connectivity index (χ1) is 5.77. The van der Waals surface area contributed by atoms with Crippen molar-refractivity contribution in [3.63, 3.8) is 0 Å². The predicted molar refractivity (Wildman–Crippen MR) is 42.6 cm³/mol. The fourth-order valence-corrected chi connectivity index (χ4v) is 0.797. The number of rotatable bonds is 1. The zero-order valence-electron chi connectivity index (χ0n) is 6.16. The molecule has 1 aromatic carbocycles. The summed E-state index contributed by atoms with van der Waals surface area (Å²) in [6.45, 7) is 0. The number of hydrogen-bond donors (Lipinski definition) is 1. The minimum Gasteiger partial charge on any atom is -0.514 e. The second-order valence-corrected chi connectivity index (χ2v) is 2.16. The van der Waals surface area contributed by atoms with Crippen LogP contribution in [0.25, 0.3) is 5.57 Å². The molecule has 0 spiro atoms. The van der Waals surface area contributed by atoms with Gasteiger partial charge in [-0.05, 0) is 17.7 Å². The molecule has 0 aliphatic carbocycles. The quantitative estimate of drug-likeness (QED) is 0.509. The van der Waals surface area contributed by atoms with Crippen LogP contribution in [0.15, 0.2) is 30.5 Å². The first-order valence-corrected chi connectivity index (χ1v) is 3.28. The van der Waals surface area contributed by atoms with Gasteiger partial charge in [-0.25, -0.2) is 4.39 Å². The van der Waals surface area contributed by atoms with Crippen LogP contribution in [0.4, 0.5) is 4.39 Å². The summed E-state index contributed by atoms with van der Waals surface area (Å²) in [4.78, 5) is 0. The maximum Gasteiger partial charge on any atom is 0.123 e. The molecule has 0 radical (unpaired) electrons. The van der Waals surface area contributed by atoms with Crippen LogP contribution in [0.1, 0.15) is 5.56 Å². The monoisotopic (exact) mass is 163 g/mol. The van der Waals surface area contributed by atoms with E-state index in [0.717, 1.165) is 0 Å². The topological polar surface area (TPSA) is 44.0 Å². The van der Waals surface area contributed by atoms with Gasteiger partial charge in [0.15, 0.2) is 0 Å². The summed E-state index contributed by atoms with van der Waals surface area (Å²) >= 11 is 0. The molecule has 12 heavy (non-hydrogen) atoms. The number of nitrogens with zero attached hydrogens (tertiary/aromatic N) is 1. The molecule has 0 fully saturated rings. The summed E-state index contributed by atoms with van der Waals surface area (Å²) in [5.41, 5.74) is 0.622. The first-order valence-electron chi connectivity index (χ1n) is 3.28. The number of halogens is 1. The third-order valence-electron chi connectivity index (χ3n) is 1.40. The lowest BCUT2D eigenvalue weighted by Gasteiger charge is -1.95. The number of allylic oxidation sites excluding steroid dienone is 1. The van der Waals surface area contributed by atoms with Crippen LogP contribution in [0, 0.1) is 17.1 Å². The molecule has 0 aromatic heterocycles. The van der Waals surface area contributed by atoms with E-state index < -0.39 is 0 Å². The van der Waals surface area contributed by atoms with Crippen LogP contribution < -0.4 is 0 Å². The molecule has 0 atom stereocenters. The van der Waals surface area contributed by atoms with Crippen molar-refractivity contribution in [2.45, 2.75) is 0 Å². The summed E-state index contributed by atoms with van der Waals surface area (Å²) in [6, 6.07) is 7.10. The van der Waals surface area contributed by atoms with Gasteiger partial charge in [0.25, 0.3) is 0 Å². The fraction of sp³-hybridized carbons (Fsp3) is 0. The molecule has 1 aromatic rings. The highest BCUT2D eigenvalue weighted by Gasteiger charge is 1.99. The van der Waals surface area contributed by atoms with Gasteiger partial charge >= 0.3 is 0 Å². The van der Waals surface area contributed by atoms with Gasteiger partial charge in [-0.3, -0.25) is 0 Å². The Bertz CT molecular complexity index is 335. The van der Waals surface area contributed by atoms with Crippen molar-refractivity contribution in [2.75, 3.05) is 0 Å². The minimum absolute atomic E-state index is 0.120. The molecule has 0 unspecified atom stereocenters. The van der Waals surface area contributed by atoms with Gasteiger partial charge in [-0.1, -0.05) is 12.1 Å². The minimum atomic E-state index is -0.367. The highest BCUT2D eigenvalue weighted by atomic mass is 19.1. The molecule has 1 N–H and O–H groups in total. The zero-order chi connectivity index (χ0) is 8.97. The van der Waals surface area contributed by atoms with Gasteiger partial charge < -0.3 is 5.11 Å². The Morgan fingerprint density at radius 2 is 2.00 bits per heavy atom. The van der Waals surface area contributed by atoms with Gasteiger partial charge in [-0.2, -0.15) is 5.26 Å². The Morgan fingerprint density at radius 1 is 1.42 bits per heavy atom. The third-order valence-corrected chi connectivity index (χ3v) is 1.40. The van der Waals surface area contributed by atoms with Crippen molar-refractivity contribution in [2.24, 2.45) is 0 Å². The Balaban J connectivity index is 3.06. The second-order valence-electron chi connectivity index (χ2n) is 2.16. The highest BCUT2D eigenvalue weighted by Crippen LogP contribution is 2.12. The van der Waals surface area contributed by atoms with E-state index in [9.17, 15) is 4.39 Å². The van der Waals surface area contributed by atoms with E-state index in [1.165, 1.54) is 24.3 Å². The molecule has 0 aliphatic rings. The molecule has 0 saturated heterocycles. The van der Waals surface area contributed by atoms with E-state index in [1.54, 1.807) is 6.07 Å². The first kappa shape index (κ1) is 8.28. The third kappa shape index (κ3) is 1.61. The van der Waals surface area contributed by atoms with Crippen LogP contribution in [-0.4, -0.2) is 5.11 Å². The Hall–Kier alpha value is -1.82. The summed E-state index contributed by atoms with van der Waals surface area (Å²) < 4.78 is 12.4.